The summed E-state index contributed by atoms with van der Waals surface area (Å²) >= 11 is 0. The Bertz CT molecular complexity index is 2420. The molecule has 0 aliphatic heterocycles. The fraction of sp³-hybridized carbons (Fsp3) is 0.0732. The third kappa shape index (κ3) is 3.47. The van der Waals surface area contributed by atoms with E-state index < -0.39 is 0 Å². The van der Waals surface area contributed by atoms with E-state index >= 15 is 0 Å². The number of hydrogen-bond acceptors (Lipinski definition) is 2. The van der Waals surface area contributed by atoms with Gasteiger partial charge in [-0.15, -0.1) is 0 Å². The quantitative estimate of drug-likeness (QED) is 0.201. The van der Waals surface area contributed by atoms with Gasteiger partial charge in [-0.2, -0.15) is 0 Å². The molecule has 202 valence electrons. The molecule has 2 heteroatoms. The van der Waals surface area contributed by atoms with E-state index in [1.807, 2.05) is 30.3 Å². The molecule has 0 unspecified atom stereocenters. The predicted octanol–water partition coefficient (Wildman–Crippen LogP) is 10.7. The monoisotopic (exact) mass is 548 g/mol. The van der Waals surface area contributed by atoms with Crippen LogP contribution in [0.1, 0.15) is 25.0 Å². The number of nitrogens with zero attached hydrogens (tertiary/aromatic N) is 2. The molecule has 9 rings (SSSR count). The molecule has 0 radical (unpaired) electrons. The number of benzene rings is 7. The van der Waals surface area contributed by atoms with Crippen LogP contribution in [0.5, 0.6) is 0 Å². The molecule has 1 aliphatic rings. The van der Waals surface area contributed by atoms with Gasteiger partial charge in [0.1, 0.15) is 0 Å². The minimum absolute atomic E-state index is 0.0902. The van der Waals surface area contributed by atoms with Gasteiger partial charge in [0.2, 0.25) is 0 Å². The Balaban J connectivity index is 1.33. The molecule has 0 saturated carbocycles. The Hall–Kier alpha value is -5.34. The summed E-state index contributed by atoms with van der Waals surface area (Å²) in [6.07, 6.45) is 0. The van der Waals surface area contributed by atoms with Crippen LogP contribution in [0.4, 0.5) is 0 Å². The van der Waals surface area contributed by atoms with Crippen LogP contribution >= 0.6 is 0 Å². The first-order valence-corrected chi connectivity index (χ1v) is 14.9. The SMILES string of the molecule is CC1(C)c2ccccc2-c2ccc3ccc4ccc5cc(-c6nc7ccccc7nc6-c6ccccc6)ccc5c4c3c21. The van der Waals surface area contributed by atoms with Crippen LogP contribution in [0.2, 0.25) is 0 Å². The molecule has 0 amide bonds. The summed E-state index contributed by atoms with van der Waals surface area (Å²) in [4.78, 5) is 10.3. The highest BCUT2D eigenvalue weighted by Crippen LogP contribution is 2.53. The summed E-state index contributed by atoms with van der Waals surface area (Å²) in [5.41, 5.74) is 11.2. The van der Waals surface area contributed by atoms with E-state index in [4.69, 9.17) is 9.97 Å². The topological polar surface area (TPSA) is 25.8 Å². The van der Waals surface area contributed by atoms with E-state index in [0.29, 0.717) is 0 Å². The van der Waals surface area contributed by atoms with Crippen molar-refractivity contribution in [1.29, 1.82) is 0 Å². The van der Waals surface area contributed by atoms with Crippen molar-refractivity contribution < 1.29 is 0 Å². The predicted molar refractivity (Wildman–Crippen MR) is 180 cm³/mol. The van der Waals surface area contributed by atoms with E-state index in [0.717, 1.165) is 33.5 Å². The number of aromatic nitrogens is 2. The van der Waals surface area contributed by atoms with Gasteiger partial charge in [0, 0.05) is 16.5 Å². The molecule has 1 aliphatic carbocycles. The second kappa shape index (κ2) is 8.83. The Morgan fingerprint density at radius 2 is 1.07 bits per heavy atom. The largest absolute Gasteiger partial charge is 0.244 e. The average molecular weight is 549 g/mol. The van der Waals surface area contributed by atoms with Crippen LogP contribution in [-0.4, -0.2) is 9.97 Å². The van der Waals surface area contributed by atoms with Crippen LogP contribution < -0.4 is 0 Å². The van der Waals surface area contributed by atoms with Crippen molar-refractivity contribution in [3.05, 3.63) is 145 Å². The van der Waals surface area contributed by atoms with Crippen molar-refractivity contribution in [1.82, 2.24) is 9.97 Å². The number of fused-ring (bicyclic) bond motifs is 10. The van der Waals surface area contributed by atoms with Gasteiger partial charge in [-0.3, -0.25) is 0 Å². The van der Waals surface area contributed by atoms with Gasteiger partial charge in [0.05, 0.1) is 22.4 Å². The number of rotatable bonds is 2. The Labute approximate surface area is 250 Å². The average Bonchev–Trinajstić information content (AvgIpc) is 3.30. The third-order valence-corrected chi connectivity index (χ3v) is 9.39. The van der Waals surface area contributed by atoms with Gasteiger partial charge in [-0.25, -0.2) is 9.97 Å². The second-order valence-corrected chi connectivity index (χ2v) is 12.2. The lowest BCUT2D eigenvalue weighted by Gasteiger charge is -2.24. The molecule has 0 N–H and O–H groups in total. The van der Waals surface area contributed by atoms with Crippen molar-refractivity contribution in [2.45, 2.75) is 19.3 Å². The first-order valence-electron chi connectivity index (χ1n) is 14.9. The van der Waals surface area contributed by atoms with Crippen LogP contribution in [-0.2, 0) is 5.41 Å². The molecule has 0 fully saturated rings. The Morgan fingerprint density at radius 1 is 0.465 bits per heavy atom. The molecular weight excluding hydrogens is 520 g/mol. The summed E-state index contributed by atoms with van der Waals surface area (Å²) in [7, 11) is 0. The first-order chi connectivity index (χ1) is 21.1. The smallest absolute Gasteiger partial charge is 0.0973 e. The summed E-state index contributed by atoms with van der Waals surface area (Å²) in [6.45, 7) is 4.76. The lowest BCUT2D eigenvalue weighted by molar-refractivity contribution is 0.666. The van der Waals surface area contributed by atoms with Gasteiger partial charge < -0.3 is 0 Å². The first kappa shape index (κ1) is 24.3. The van der Waals surface area contributed by atoms with Gasteiger partial charge in [-0.05, 0) is 72.8 Å². The van der Waals surface area contributed by atoms with Gasteiger partial charge >= 0.3 is 0 Å². The fourth-order valence-corrected chi connectivity index (χ4v) is 7.39. The van der Waals surface area contributed by atoms with Crippen LogP contribution in [0.3, 0.4) is 0 Å². The summed E-state index contributed by atoms with van der Waals surface area (Å²) < 4.78 is 0. The maximum Gasteiger partial charge on any atom is 0.0973 e. The fourth-order valence-electron chi connectivity index (χ4n) is 7.39. The third-order valence-electron chi connectivity index (χ3n) is 9.39. The maximum absolute atomic E-state index is 5.17. The molecule has 2 nitrogen and oxygen atoms in total. The molecule has 7 aromatic carbocycles. The van der Waals surface area contributed by atoms with Gasteiger partial charge in [-0.1, -0.05) is 129 Å². The van der Waals surface area contributed by atoms with E-state index in [1.165, 1.54) is 54.6 Å². The molecule has 0 atom stereocenters. The van der Waals surface area contributed by atoms with Crippen molar-refractivity contribution in [2.24, 2.45) is 0 Å². The number of para-hydroxylation sites is 2. The highest BCUT2D eigenvalue weighted by atomic mass is 14.8. The summed E-state index contributed by atoms with van der Waals surface area (Å²) in [5, 5.41) is 7.72. The maximum atomic E-state index is 5.17. The van der Waals surface area contributed by atoms with Crippen molar-refractivity contribution in [3.63, 3.8) is 0 Å². The normalized spacial score (nSPS) is 13.5. The molecular formula is C41H28N2. The summed E-state index contributed by atoms with van der Waals surface area (Å²) in [5.74, 6) is 0. The van der Waals surface area contributed by atoms with Gasteiger partial charge in [0.15, 0.2) is 0 Å². The lowest BCUT2D eigenvalue weighted by atomic mass is 9.79. The molecule has 0 saturated heterocycles. The van der Waals surface area contributed by atoms with Crippen LogP contribution in [0.15, 0.2) is 133 Å². The van der Waals surface area contributed by atoms with E-state index in [9.17, 15) is 0 Å². The van der Waals surface area contributed by atoms with Crippen LogP contribution in [0.25, 0.3) is 77.0 Å². The van der Waals surface area contributed by atoms with Crippen molar-refractivity contribution in [2.75, 3.05) is 0 Å². The van der Waals surface area contributed by atoms with Gasteiger partial charge in [0.25, 0.3) is 0 Å². The molecule has 8 aromatic rings. The minimum atomic E-state index is -0.0902. The molecule has 0 spiro atoms. The van der Waals surface area contributed by atoms with Crippen LogP contribution in [0, 0.1) is 0 Å². The molecule has 1 aromatic heterocycles. The molecule has 1 heterocycles. The lowest BCUT2D eigenvalue weighted by Crippen LogP contribution is -2.15. The standard InChI is InChI=1S/C41H28N2/c1-41(2)33-13-7-6-12-31(33)32-23-20-26-17-16-25-18-19-28-24-29(21-22-30(28)36(25)37(26)38(32)41)40-39(27-10-4-3-5-11-27)42-34-14-8-9-15-35(34)43-40/h3-24H,1-2H3. The highest BCUT2D eigenvalue weighted by molar-refractivity contribution is 6.23. The van der Waals surface area contributed by atoms with Crippen molar-refractivity contribution in [3.8, 4) is 33.6 Å². The Morgan fingerprint density at radius 3 is 1.84 bits per heavy atom. The summed E-state index contributed by atoms with van der Waals surface area (Å²) in [6, 6.07) is 48.0. The number of hydrogen-bond donors (Lipinski definition) is 0. The highest BCUT2D eigenvalue weighted by Gasteiger charge is 2.37. The second-order valence-electron chi connectivity index (χ2n) is 12.2. The van der Waals surface area contributed by atoms with E-state index in [1.54, 1.807) is 0 Å². The molecule has 43 heavy (non-hydrogen) atoms. The van der Waals surface area contributed by atoms with Crippen molar-refractivity contribution >= 4 is 43.4 Å². The van der Waals surface area contributed by atoms with E-state index in [-0.39, 0.29) is 5.41 Å². The minimum Gasteiger partial charge on any atom is -0.244 e. The van der Waals surface area contributed by atoms with E-state index in [2.05, 4.69) is 117 Å². The Kier molecular flexibility index (Phi) is 4.99. The zero-order valence-electron chi connectivity index (χ0n) is 24.1. The molecule has 0 bridgehead atoms. The zero-order valence-corrected chi connectivity index (χ0v) is 24.1. The zero-order chi connectivity index (χ0) is 28.7.